The van der Waals surface area contributed by atoms with Crippen molar-refractivity contribution in [3.05, 3.63) is 23.6 Å². The summed E-state index contributed by atoms with van der Waals surface area (Å²) in [5.41, 5.74) is 0.564. The molecule has 3 nitrogen and oxygen atoms in total. The largest absolute Gasteiger partial charge is 0.481 e. The number of nitrogens with zero attached hydrogens (tertiary/aromatic N) is 1. The van der Waals surface area contributed by atoms with Crippen LogP contribution >= 0.6 is 0 Å². The Labute approximate surface area is 76.9 Å². The van der Waals surface area contributed by atoms with Gasteiger partial charge in [0.25, 0.3) is 0 Å². The Morgan fingerprint density at radius 3 is 2.85 bits per heavy atom. The number of halogens is 1. The zero-order valence-corrected chi connectivity index (χ0v) is 7.97. The molecule has 1 N–H and O–H groups in total. The van der Waals surface area contributed by atoms with E-state index in [-0.39, 0.29) is 11.9 Å². The Hall–Kier alpha value is -1.16. The first-order valence-electron chi connectivity index (χ1n) is 4.05. The first-order chi connectivity index (χ1) is 6.19. The van der Waals surface area contributed by atoms with E-state index >= 15 is 0 Å². The fraction of sp³-hybridized carbons (Fsp3) is 0.444. The molecule has 1 heterocycles. The van der Waals surface area contributed by atoms with Crippen LogP contribution in [-0.4, -0.2) is 19.1 Å². The van der Waals surface area contributed by atoms with Crippen molar-refractivity contribution >= 4 is 0 Å². The van der Waals surface area contributed by atoms with Crippen LogP contribution in [0.15, 0.2) is 12.3 Å². The quantitative estimate of drug-likeness (QED) is 0.773. The van der Waals surface area contributed by atoms with Crippen LogP contribution in [0, 0.1) is 5.82 Å². The zero-order valence-electron chi connectivity index (χ0n) is 7.97. The predicted molar refractivity (Wildman–Crippen MR) is 48.2 cm³/mol. The molecule has 1 unspecified atom stereocenters. The van der Waals surface area contributed by atoms with Gasteiger partial charge in [0.05, 0.1) is 13.3 Å². The summed E-state index contributed by atoms with van der Waals surface area (Å²) in [6.07, 6.45) is 1.17. The highest BCUT2D eigenvalue weighted by Crippen LogP contribution is 2.19. The summed E-state index contributed by atoms with van der Waals surface area (Å²) in [5, 5.41) is 2.95. The monoisotopic (exact) mass is 184 g/mol. The van der Waals surface area contributed by atoms with Crippen molar-refractivity contribution in [3.8, 4) is 5.88 Å². The summed E-state index contributed by atoms with van der Waals surface area (Å²) in [7, 11) is 3.28. The Kier molecular flexibility index (Phi) is 3.19. The van der Waals surface area contributed by atoms with E-state index in [4.69, 9.17) is 4.74 Å². The van der Waals surface area contributed by atoms with E-state index < -0.39 is 0 Å². The van der Waals surface area contributed by atoms with Crippen molar-refractivity contribution in [1.82, 2.24) is 10.3 Å². The van der Waals surface area contributed by atoms with Crippen molar-refractivity contribution in [2.45, 2.75) is 13.0 Å². The molecule has 0 aliphatic carbocycles. The first kappa shape index (κ1) is 9.92. The van der Waals surface area contributed by atoms with E-state index in [0.29, 0.717) is 11.4 Å². The van der Waals surface area contributed by atoms with Crippen molar-refractivity contribution in [1.29, 1.82) is 0 Å². The van der Waals surface area contributed by atoms with E-state index in [0.717, 1.165) is 0 Å². The Bertz CT molecular complexity index is 291. The minimum absolute atomic E-state index is 0.0445. The summed E-state index contributed by atoms with van der Waals surface area (Å²) in [4.78, 5) is 3.75. The van der Waals surface area contributed by atoms with Crippen LogP contribution in [0.5, 0.6) is 5.88 Å². The second-order valence-electron chi connectivity index (χ2n) is 2.76. The number of methoxy groups -OCH3 is 1. The molecule has 0 saturated heterocycles. The molecule has 13 heavy (non-hydrogen) atoms. The number of ether oxygens (including phenoxy) is 1. The van der Waals surface area contributed by atoms with Crippen LogP contribution in [0.25, 0.3) is 0 Å². The van der Waals surface area contributed by atoms with E-state index in [2.05, 4.69) is 10.3 Å². The van der Waals surface area contributed by atoms with E-state index in [1.807, 2.05) is 6.92 Å². The normalized spacial score (nSPS) is 12.6. The van der Waals surface area contributed by atoms with E-state index in [1.165, 1.54) is 13.3 Å². The maximum Gasteiger partial charge on any atom is 0.213 e. The van der Waals surface area contributed by atoms with Gasteiger partial charge in [-0.15, -0.1) is 0 Å². The molecule has 1 aromatic rings. The Morgan fingerprint density at radius 1 is 1.62 bits per heavy atom. The highest BCUT2D eigenvalue weighted by atomic mass is 19.1. The van der Waals surface area contributed by atoms with Gasteiger partial charge in [-0.2, -0.15) is 0 Å². The average molecular weight is 184 g/mol. The molecule has 0 bridgehead atoms. The predicted octanol–water partition coefficient (Wildman–Crippen LogP) is 1.51. The van der Waals surface area contributed by atoms with E-state index in [9.17, 15) is 4.39 Å². The molecule has 1 rings (SSSR count). The maximum absolute atomic E-state index is 13.2. The Balaban J connectivity index is 3.03. The van der Waals surface area contributed by atoms with Gasteiger partial charge in [-0.05, 0) is 14.0 Å². The molecule has 72 valence electrons. The summed E-state index contributed by atoms with van der Waals surface area (Å²) in [6.45, 7) is 1.87. The molecule has 4 heteroatoms. The van der Waals surface area contributed by atoms with Gasteiger partial charge in [-0.3, -0.25) is 0 Å². The van der Waals surface area contributed by atoms with Crippen LogP contribution < -0.4 is 10.1 Å². The first-order valence-corrected chi connectivity index (χ1v) is 4.05. The summed E-state index contributed by atoms with van der Waals surface area (Å²) < 4.78 is 18.1. The van der Waals surface area contributed by atoms with Gasteiger partial charge in [0.1, 0.15) is 5.82 Å². The molecule has 0 spiro atoms. The third kappa shape index (κ3) is 2.15. The van der Waals surface area contributed by atoms with Gasteiger partial charge in [0.2, 0.25) is 5.88 Å². The molecule has 0 saturated carbocycles. The number of aromatic nitrogens is 1. The number of pyridine rings is 1. The zero-order chi connectivity index (χ0) is 9.84. The van der Waals surface area contributed by atoms with Crippen LogP contribution in [0.3, 0.4) is 0 Å². The molecule has 1 atom stereocenters. The smallest absolute Gasteiger partial charge is 0.213 e. The second-order valence-corrected chi connectivity index (χ2v) is 2.76. The molecular weight excluding hydrogens is 171 g/mol. The van der Waals surface area contributed by atoms with Gasteiger partial charge in [-0.1, -0.05) is 0 Å². The lowest BCUT2D eigenvalue weighted by Crippen LogP contribution is -2.14. The van der Waals surface area contributed by atoms with Gasteiger partial charge in [-0.25, -0.2) is 9.37 Å². The number of hydrogen-bond acceptors (Lipinski definition) is 3. The van der Waals surface area contributed by atoms with Crippen LogP contribution in [-0.2, 0) is 0 Å². The number of rotatable bonds is 3. The lowest BCUT2D eigenvalue weighted by Gasteiger charge is -2.11. The molecule has 1 aromatic heterocycles. The van der Waals surface area contributed by atoms with E-state index in [1.54, 1.807) is 13.1 Å². The number of hydrogen-bond donors (Lipinski definition) is 1. The average Bonchev–Trinajstić information content (AvgIpc) is 2.17. The lowest BCUT2D eigenvalue weighted by atomic mass is 10.1. The standard InChI is InChI=1S/C9H13FN2O/c1-6(11-2)7-4-9(13-3)12-5-8(7)10/h4-6,11H,1-3H3. The van der Waals surface area contributed by atoms with Gasteiger partial charge >= 0.3 is 0 Å². The summed E-state index contributed by atoms with van der Waals surface area (Å²) in [5.74, 6) is 0.112. The summed E-state index contributed by atoms with van der Waals surface area (Å²) >= 11 is 0. The maximum atomic E-state index is 13.2. The summed E-state index contributed by atoms with van der Waals surface area (Å²) in [6, 6.07) is 1.55. The topological polar surface area (TPSA) is 34.1 Å². The number of nitrogens with one attached hydrogen (secondary N) is 1. The fourth-order valence-corrected chi connectivity index (χ4v) is 1.03. The third-order valence-electron chi connectivity index (χ3n) is 1.97. The molecule has 0 aromatic carbocycles. The molecule has 0 amide bonds. The minimum Gasteiger partial charge on any atom is -0.481 e. The van der Waals surface area contributed by atoms with Gasteiger partial charge in [0, 0.05) is 17.7 Å². The molecule has 0 fully saturated rings. The molecule has 0 aliphatic heterocycles. The highest BCUT2D eigenvalue weighted by Gasteiger charge is 2.10. The van der Waals surface area contributed by atoms with Gasteiger partial charge in [0.15, 0.2) is 0 Å². The second kappa shape index (κ2) is 4.18. The highest BCUT2D eigenvalue weighted by molar-refractivity contribution is 5.24. The molecular formula is C9H13FN2O. The lowest BCUT2D eigenvalue weighted by molar-refractivity contribution is 0.393. The van der Waals surface area contributed by atoms with Crippen molar-refractivity contribution in [2.75, 3.05) is 14.2 Å². The molecule has 0 radical (unpaired) electrons. The Morgan fingerprint density at radius 2 is 2.31 bits per heavy atom. The van der Waals surface area contributed by atoms with Crippen LogP contribution in [0.4, 0.5) is 4.39 Å². The third-order valence-corrected chi connectivity index (χ3v) is 1.97. The minimum atomic E-state index is -0.317. The van der Waals surface area contributed by atoms with Crippen LogP contribution in [0.2, 0.25) is 0 Å². The molecule has 0 aliphatic rings. The van der Waals surface area contributed by atoms with Crippen LogP contribution in [0.1, 0.15) is 18.5 Å². The van der Waals surface area contributed by atoms with Crippen molar-refractivity contribution in [2.24, 2.45) is 0 Å². The van der Waals surface area contributed by atoms with Crippen molar-refractivity contribution in [3.63, 3.8) is 0 Å². The SMILES string of the molecule is CNC(C)c1cc(OC)ncc1F. The van der Waals surface area contributed by atoms with Crippen molar-refractivity contribution < 1.29 is 9.13 Å². The van der Waals surface area contributed by atoms with Gasteiger partial charge < -0.3 is 10.1 Å². The fourth-order valence-electron chi connectivity index (χ4n) is 1.03.